The van der Waals surface area contributed by atoms with Crippen molar-refractivity contribution in [2.75, 3.05) is 26.2 Å². The third-order valence-corrected chi connectivity index (χ3v) is 4.85. The van der Waals surface area contributed by atoms with Crippen molar-refractivity contribution in [2.24, 2.45) is 0 Å². The average Bonchev–Trinajstić information content (AvgIpc) is 2.89. The number of piperazine rings is 1. The molecule has 1 aromatic carbocycles. The lowest BCUT2D eigenvalue weighted by atomic mass is 10.0. The second kappa shape index (κ2) is 7.56. The second-order valence-electron chi connectivity index (χ2n) is 4.88. The number of hydrogen-bond donors (Lipinski definition) is 1. The summed E-state index contributed by atoms with van der Waals surface area (Å²) in [5, 5.41) is 3.36. The molecule has 0 radical (unpaired) electrons. The number of rotatable bonds is 3. The van der Waals surface area contributed by atoms with Gasteiger partial charge in [0.1, 0.15) is 5.82 Å². The molecule has 0 saturated carbocycles. The highest BCUT2D eigenvalue weighted by Gasteiger charge is 2.25. The molecule has 2 heterocycles. The number of hydrogen-bond acceptors (Lipinski definition) is 3. The Morgan fingerprint density at radius 3 is 2.33 bits per heavy atom. The summed E-state index contributed by atoms with van der Waals surface area (Å²) < 4.78 is 14.0. The summed E-state index contributed by atoms with van der Waals surface area (Å²) in [4.78, 5) is 3.63. The van der Waals surface area contributed by atoms with Crippen molar-refractivity contribution in [2.45, 2.75) is 6.04 Å². The van der Waals surface area contributed by atoms with Gasteiger partial charge in [0.25, 0.3) is 0 Å². The van der Waals surface area contributed by atoms with E-state index < -0.39 is 0 Å². The highest BCUT2D eigenvalue weighted by Crippen LogP contribution is 2.35. The summed E-state index contributed by atoms with van der Waals surface area (Å²) in [6, 6.07) is 11.0. The molecule has 0 bridgehead atoms. The Bertz CT molecular complexity index is 567. The van der Waals surface area contributed by atoms with Crippen molar-refractivity contribution in [3.8, 4) is 0 Å². The molecule has 1 N–H and O–H groups in total. The lowest BCUT2D eigenvalue weighted by Gasteiger charge is -2.34. The third kappa shape index (κ3) is 3.96. The molecule has 1 aliphatic heterocycles. The van der Waals surface area contributed by atoms with E-state index in [0.717, 1.165) is 36.1 Å². The first-order valence-electron chi connectivity index (χ1n) is 6.69. The minimum Gasteiger partial charge on any atom is -0.314 e. The molecule has 1 aromatic heterocycles. The van der Waals surface area contributed by atoms with E-state index in [4.69, 9.17) is 11.6 Å². The monoisotopic (exact) mass is 346 g/mol. The summed E-state index contributed by atoms with van der Waals surface area (Å²) >= 11 is 7.68. The summed E-state index contributed by atoms with van der Waals surface area (Å²) in [6.07, 6.45) is 0. The van der Waals surface area contributed by atoms with Crippen molar-refractivity contribution in [3.05, 3.63) is 57.0 Å². The van der Waals surface area contributed by atoms with Crippen LogP contribution in [0.2, 0.25) is 4.34 Å². The number of benzene rings is 1. The fourth-order valence-electron chi connectivity index (χ4n) is 2.62. The molecule has 0 spiro atoms. The van der Waals surface area contributed by atoms with Gasteiger partial charge in [-0.05, 0) is 29.8 Å². The van der Waals surface area contributed by atoms with Crippen molar-refractivity contribution < 1.29 is 4.39 Å². The predicted octanol–water partition coefficient (Wildman–Crippen LogP) is 3.96. The van der Waals surface area contributed by atoms with Gasteiger partial charge in [-0.15, -0.1) is 23.7 Å². The Hall–Kier alpha value is -0.650. The van der Waals surface area contributed by atoms with Gasteiger partial charge in [-0.25, -0.2) is 4.39 Å². The zero-order valence-corrected chi connectivity index (χ0v) is 13.8. The van der Waals surface area contributed by atoms with Crippen LogP contribution in [0.15, 0.2) is 36.4 Å². The second-order valence-corrected chi connectivity index (χ2v) is 6.63. The van der Waals surface area contributed by atoms with Crippen LogP contribution in [-0.4, -0.2) is 31.1 Å². The Kier molecular flexibility index (Phi) is 6.02. The van der Waals surface area contributed by atoms with Crippen LogP contribution in [0.3, 0.4) is 0 Å². The number of nitrogens with one attached hydrogen (secondary N) is 1. The fraction of sp³-hybridized carbons (Fsp3) is 0.333. The van der Waals surface area contributed by atoms with Gasteiger partial charge in [0.05, 0.1) is 10.4 Å². The SMILES string of the molecule is Cl.Fc1ccc([C@@H](c2ccc(Cl)s2)N2CCNCC2)cc1. The van der Waals surface area contributed by atoms with Crippen molar-refractivity contribution in [1.82, 2.24) is 10.2 Å². The van der Waals surface area contributed by atoms with E-state index in [-0.39, 0.29) is 24.3 Å². The molecule has 0 unspecified atom stereocenters. The lowest BCUT2D eigenvalue weighted by molar-refractivity contribution is 0.200. The van der Waals surface area contributed by atoms with E-state index >= 15 is 0 Å². The van der Waals surface area contributed by atoms with Crippen LogP contribution < -0.4 is 5.32 Å². The highest BCUT2D eigenvalue weighted by atomic mass is 35.5. The summed E-state index contributed by atoms with van der Waals surface area (Å²) in [5.74, 6) is -0.197. The molecular weight excluding hydrogens is 330 g/mol. The first kappa shape index (κ1) is 16.7. The van der Waals surface area contributed by atoms with Gasteiger partial charge in [0, 0.05) is 31.1 Å². The minimum absolute atomic E-state index is 0. The molecule has 3 rings (SSSR count). The first-order valence-corrected chi connectivity index (χ1v) is 7.89. The Labute approximate surface area is 139 Å². The zero-order valence-electron chi connectivity index (χ0n) is 11.4. The van der Waals surface area contributed by atoms with Gasteiger partial charge >= 0.3 is 0 Å². The minimum atomic E-state index is -0.197. The van der Waals surface area contributed by atoms with Crippen LogP contribution in [0.4, 0.5) is 4.39 Å². The topological polar surface area (TPSA) is 15.3 Å². The third-order valence-electron chi connectivity index (χ3n) is 3.57. The van der Waals surface area contributed by atoms with Crippen molar-refractivity contribution in [3.63, 3.8) is 0 Å². The first-order chi connectivity index (χ1) is 9.74. The molecular formula is C15H17Cl2FN2S. The Morgan fingerprint density at radius 2 is 1.76 bits per heavy atom. The van der Waals surface area contributed by atoms with Crippen LogP contribution >= 0.6 is 35.3 Å². The molecule has 1 aliphatic rings. The molecule has 6 heteroatoms. The molecule has 1 atom stereocenters. The zero-order chi connectivity index (χ0) is 13.9. The molecule has 2 aromatic rings. The number of halogens is 3. The fourth-order valence-corrected chi connectivity index (χ4v) is 3.84. The highest BCUT2D eigenvalue weighted by molar-refractivity contribution is 7.16. The van der Waals surface area contributed by atoms with E-state index in [1.54, 1.807) is 11.3 Å². The Balaban J connectivity index is 0.00000161. The molecule has 2 nitrogen and oxygen atoms in total. The van der Waals surface area contributed by atoms with Gasteiger partial charge < -0.3 is 5.32 Å². The maximum absolute atomic E-state index is 13.2. The summed E-state index contributed by atoms with van der Waals surface area (Å²) in [6.45, 7) is 3.93. The Morgan fingerprint density at radius 1 is 1.10 bits per heavy atom. The average molecular weight is 347 g/mol. The van der Waals surface area contributed by atoms with Gasteiger partial charge in [-0.1, -0.05) is 23.7 Å². The van der Waals surface area contributed by atoms with Gasteiger partial charge in [-0.3, -0.25) is 4.90 Å². The van der Waals surface area contributed by atoms with Gasteiger partial charge in [0.15, 0.2) is 0 Å². The maximum atomic E-state index is 13.2. The van der Waals surface area contributed by atoms with Crippen LogP contribution in [-0.2, 0) is 0 Å². The molecule has 21 heavy (non-hydrogen) atoms. The molecule has 114 valence electrons. The van der Waals surface area contributed by atoms with E-state index in [9.17, 15) is 4.39 Å². The molecule has 1 saturated heterocycles. The van der Waals surface area contributed by atoms with E-state index in [1.807, 2.05) is 18.2 Å². The predicted molar refractivity (Wildman–Crippen MR) is 89.3 cm³/mol. The quantitative estimate of drug-likeness (QED) is 0.904. The van der Waals surface area contributed by atoms with Crippen LogP contribution in [0.5, 0.6) is 0 Å². The standard InChI is InChI=1S/C15H16ClFN2S.ClH/c16-14-6-5-13(20-14)15(19-9-7-18-8-10-19)11-1-3-12(17)4-2-11;/h1-6,15,18H,7-10H2;1H/t15-;/m0./s1. The van der Waals surface area contributed by atoms with Crippen LogP contribution in [0.25, 0.3) is 0 Å². The lowest BCUT2D eigenvalue weighted by Crippen LogP contribution is -2.45. The largest absolute Gasteiger partial charge is 0.314 e. The maximum Gasteiger partial charge on any atom is 0.123 e. The number of nitrogens with zero attached hydrogens (tertiary/aromatic N) is 1. The van der Waals surface area contributed by atoms with Crippen LogP contribution in [0, 0.1) is 5.82 Å². The number of thiophene rings is 1. The van der Waals surface area contributed by atoms with Crippen LogP contribution in [0.1, 0.15) is 16.5 Å². The van der Waals surface area contributed by atoms with Crippen molar-refractivity contribution in [1.29, 1.82) is 0 Å². The van der Waals surface area contributed by atoms with Crippen molar-refractivity contribution >= 4 is 35.3 Å². The molecule has 1 fully saturated rings. The smallest absolute Gasteiger partial charge is 0.123 e. The van der Waals surface area contributed by atoms with E-state index in [0.29, 0.717) is 0 Å². The summed E-state index contributed by atoms with van der Waals surface area (Å²) in [7, 11) is 0. The van der Waals surface area contributed by atoms with E-state index in [2.05, 4.69) is 16.3 Å². The van der Waals surface area contributed by atoms with Gasteiger partial charge in [0.2, 0.25) is 0 Å². The molecule has 0 amide bonds. The van der Waals surface area contributed by atoms with E-state index in [1.165, 1.54) is 17.0 Å². The summed E-state index contributed by atoms with van der Waals surface area (Å²) in [5.41, 5.74) is 1.12. The molecule has 0 aliphatic carbocycles. The van der Waals surface area contributed by atoms with Gasteiger partial charge in [-0.2, -0.15) is 0 Å². The normalized spacial score (nSPS) is 17.2.